The third-order valence-electron chi connectivity index (χ3n) is 1.08. The number of aromatic nitrogens is 1. The van der Waals surface area contributed by atoms with Gasteiger partial charge in [-0.2, -0.15) is 4.39 Å². The van der Waals surface area contributed by atoms with Crippen molar-refractivity contribution in [3.63, 3.8) is 0 Å². The third kappa shape index (κ3) is 1.92. The lowest BCUT2D eigenvalue weighted by Crippen LogP contribution is -1.90. The largest absolute Gasteiger partial charge is 0.266 e. The minimum absolute atomic E-state index is 0.0417. The van der Waals surface area contributed by atoms with E-state index in [9.17, 15) is 13.2 Å². The van der Waals surface area contributed by atoms with Gasteiger partial charge in [-0.3, -0.25) is 0 Å². The first-order chi connectivity index (χ1) is 5.11. The van der Waals surface area contributed by atoms with Crippen molar-refractivity contribution in [2.75, 3.05) is 0 Å². The Morgan fingerprint density at radius 3 is 2.55 bits per heavy atom. The van der Waals surface area contributed by atoms with Crippen molar-refractivity contribution in [2.24, 2.45) is 0 Å². The van der Waals surface area contributed by atoms with Gasteiger partial charge in [0.25, 0.3) is 6.43 Å². The van der Waals surface area contributed by atoms with Crippen LogP contribution in [0.1, 0.15) is 12.0 Å². The molecule has 1 nitrogen and oxygen atoms in total. The zero-order valence-electron chi connectivity index (χ0n) is 5.19. The highest BCUT2D eigenvalue weighted by Gasteiger charge is 2.11. The molecule has 0 radical (unpaired) electrons. The predicted molar refractivity (Wildman–Crippen MR) is 36.9 cm³/mol. The minimum Gasteiger partial charge on any atom is -0.228 e. The van der Waals surface area contributed by atoms with Gasteiger partial charge in [-0.05, 0) is 0 Å². The molecule has 1 aromatic rings. The van der Waals surface area contributed by atoms with Crippen LogP contribution in [-0.2, 0) is 0 Å². The average molecular weight is 226 g/mol. The molecule has 0 saturated carbocycles. The molecule has 60 valence electrons. The van der Waals surface area contributed by atoms with Gasteiger partial charge in [0.1, 0.15) is 0 Å². The fraction of sp³-hybridized carbons (Fsp3) is 0.167. The molecule has 0 amide bonds. The van der Waals surface area contributed by atoms with Gasteiger partial charge in [-0.1, -0.05) is 15.9 Å². The lowest BCUT2D eigenvalue weighted by atomic mass is 10.3. The van der Waals surface area contributed by atoms with Crippen molar-refractivity contribution in [1.29, 1.82) is 0 Å². The number of hydrogen-bond acceptors (Lipinski definition) is 1. The topological polar surface area (TPSA) is 12.9 Å². The Hall–Kier alpha value is -0.580. The second-order valence-electron chi connectivity index (χ2n) is 1.83. The molecule has 0 unspecified atom stereocenters. The maximum Gasteiger partial charge on any atom is 0.266 e. The van der Waals surface area contributed by atoms with Crippen LogP contribution >= 0.6 is 15.9 Å². The molecule has 1 aromatic heterocycles. The molecule has 0 bridgehead atoms. The van der Waals surface area contributed by atoms with E-state index < -0.39 is 12.4 Å². The Balaban J connectivity index is 3.09. The van der Waals surface area contributed by atoms with Crippen LogP contribution in [0, 0.1) is 5.95 Å². The molecule has 0 aliphatic carbocycles. The predicted octanol–water partition coefficient (Wildman–Crippen LogP) is 2.92. The molecule has 0 atom stereocenters. The second-order valence-corrected chi connectivity index (χ2v) is 2.68. The van der Waals surface area contributed by atoms with E-state index in [-0.39, 0.29) is 10.0 Å². The highest BCUT2D eigenvalue weighted by molar-refractivity contribution is 9.10. The van der Waals surface area contributed by atoms with Crippen LogP contribution in [0.2, 0.25) is 0 Å². The summed E-state index contributed by atoms with van der Waals surface area (Å²) in [4.78, 5) is 3.08. The van der Waals surface area contributed by atoms with E-state index in [1.54, 1.807) is 0 Å². The summed E-state index contributed by atoms with van der Waals surface area (Å²) < 4.78 is 36.2. The first-order valence-corrected chi connectivity index (χ1v) is 3.49. The van der Waals surface area contributed by atoms with Crippen molar-refractivity contribution in [1.82, 2.24) is 4.98 Å². The lowest BCUT2D eigenvalue weighted by molar-refractivity contribution is 0.150. The summed E-state index contributed by atoms with van der Waals surface area (Å²) in [6.07, 6.45) is -1.82. The summed E-state index contributed by atoms with van der Waals surface area (Å²) in [7, 11) is 0. The van der Waals surface area contributed by atoms with E-state index in [2.05, 4.69) is 20.9 Å². The van der Waals surface area contributed by atoms with Gasteiger partial charge in [-0.25, -0.2) is 13.8 Å². The number of alkyl halides is 2. The van der Waals surface area contributed by atoms with E-state index in [1.807, 2.05) is 0 Å². The Bertz CT molecular complexity index is 264. The molecule has 0 spiro atoms. The molecule has 0 aromatic carbocycles. The molecular formula is C6H3BrF3N. The van der Waals surface area contributed by atoms with E-state index >= 15 is 0 Å². The summed E-state index contributed by atoms with van der Waals surface area (Å²) in [5, 5.41) is 0. The molecular weight excluding hydrogens is 223 g/mol. The average Bonchev–Trinajstić information content (AvgIpc) is 1.85. The van der Waals surface area contributed by atoms with Crippen molar-refractivity contribution in [3.05, 3.63) is 28.2 Å². The minimum atomic E-state index is -2.63. The fourth-order valence-corrected chi connectivity index (χ4v) is 1.04. The van der Waals surface area contributed by atoms with Gasteiger partial charge in [0.2, 0.25) is 5.95 Å². The highest BCUT2D eigenvalue weighted by atomic mass is 79.9. The van der Waals surface area contributed by atoms with Gasteiger partial charge in [0, 0.05) is 16.7 Å². The van der Waals surface area contributed by atoms with Crippen LogP contribution in [0.25, 0.3) is 0 Å². The van der Waals surface area contributed by atoms with Gasteiger partial charge in [0.15, 0.2) is 0 Å². The SMILES string of the molecule is Fc1cc(Br)c(C(F)F)cn1. The maximum absolute atomic E-state index is 12.2. The molecule has 0 N–H and O–H groups in total. The Morgan fingerprint density at radius 2 is 2.09 bits per heavy atom. The molecule has 0 saturated heterocycles. The number of pyridine rings is 1. The van der Waals surface area contributed by atoms with Crippen molar-refractivity contribution in [2.45, 2.75) is 6.43 Å². The summed E-state index contributed by atoms with van der Waals surface area (Å²) in [6.45, 7) is 0. The second kappa shape index (κ2) is 3.21. The maximum atomic E-state index is 12.2. The van der Waals surface area contributed by atoms with Crippen LogP contribution in [-0.4, -0.2) is 4.98 Å². The molecule has 5 heteroatoms. The van der Waals surface area contributed by atoms with Gasteiger partial charge in [0.05, 0.1) is 5.56 Å². The molecule has 0 aliphatic rings. The van der Waals surface area contributed by atoms with Crippen LogP contribution in [0.5, 0.6) is 0 Å². The zero-order chi connectivity index (χ0) is 8.43. The van der Waals surface area contributed by atoms with Crippen molar-refractivity contribution < 1.29 is 13.2 Å². The highest BCUT2D eigenvalue weighted by Crippen LogP contribution is 2.26. The van der Waals surface area contributed by atoms with Gasteiger partial charge in [-0.15, -0.1) is 0 Å². The normalized spacial score (nSPS) is 10.6. The number of nitrogens with zero attached hydrogens (tertiary/aromatic N) is 1. The molecule has 0 aliphatic heterocycles. The van der Waals surface area contributed by atoms with Crippen molar-refractivity contribution >= 4 is 15.9 Å². The van der Waals surface area contributed by atoms with Crippen molar-refractivity contribution in [3.8, 4) is 0 Å². The standard InChI is InChI=1S/C6H3BrF3N/c7-4-1-5(8)11-2-3(4)6(9)10/h1-2,6H. The molecule has 11 heavy (non-hydrogen) atoms. The summed E-state index contributed by atoms with van der Waals surface area (Å²) in [5.74, 6) is -0.777. The smallest absolute Gasteiger partial charge is 0.228 e. The van der Waals surface area contributed by atoms with Gasteiger partial charge < -0.3 is 0 Å². The molecule has 0 fully saturated rings. The molecule has 1 heterocycles. The van der Waals surface area contributed by atoms with Gasteiger partial charge >= 0.3 is 0 Å². The lowest BCUT2D eigenvalue weighted by Gasteiger charge is -2.00. The third-order valence-corrected chi connectivity index (χ3v) is 1.77. The van der Waals surface area contributed by atoms with Crippen LogP contribution in [0.15, 0.2) is 16.7 Å². The van der Waals surface area contributed by atoms with E-state index in [0.717, 1.165) is 12.3 Å². The zero-order valence-corrected chi connectivity index (χ0v) is 6.78. The Kier molecular flexibility index (Phi) is 2.49. The Morgan fingerprint density at radius 1 is 1.45 bits per heavy atom. The number of rotatable bonds is 1. The first kappa shape index (κ1) is 8.52. The van der Waals surface area contributed by atoms with E-state index in [0.29, 0.717) is 0 Å². The number of halogens is 4. The molecule has 1 rings (SSSR count). The first-order valence-electron chi connectivity index (χ1n) is 2.70. The summed E-state index contributed by atoms with van der Waals surface area (Å²) in [5.41, 5.74) is -0.300. The monoisotopic (exact) mass is 225 g/mol. The van der Waals surface area contributed by atoms with E-state index in [4.69, 9.17) is 0 Å². The van der Waals surface area contributed by atoms with Crippen LogP contribution < -0.4 is 0 Å². The van der Waals surface area contributed by atoms with E-state index in [1.165, 1.54) is 0 Å². The van der Waals surface area contributed by atoms with Crippen LogP contribution in [0.3, 0.4) is 0 Å². The summed E-state index contributed by atoms with van der Waals surface area (Å²) >= 11 is 2.79. The summed E-state index contributed by atoms with van der Waals surface area (Å²) in [6, 6.07) is 0.904. The number of hydrogen-bond donors (Lipinski definition) is 0. The quantitative estimate of drug-likeness (QED) is 0.671. The van der Waals surface area contributed by atoms with Crippen LogP contribution in [0.4, 0.5) is 13.2 Å². The Labute approximate surface area is 69.4 Å². The fourth-order valence-electron chi connectivity index (χ4n) is 0.579.